The molecule has 0 radical (unpaired) electrons. The lowest BCUT2D eigenvalue weighted by Crippen LogP contribution is -2.24. The molecule has 1 aromatic carbocycles. The number of carbonyl (C=O) groups is 2. The predicted molar refractivity (Wildman–Crippen MR) is 90.7 cm³/mol. The van der Waals surface area contributed by atoms with E-state index < -0.39 is 0 Å². The Balaban J connectivity index is 1.77. The molecule has 0 atom stereocenters. The third-order valence-electron chi connectivity index (χ3n) is 3.51. The Morgan fingerprint density at radius 2 is 1.96 bits per heavy atom. The van der Waals surface area contributed by atoms with Crippen molar-refractivity contribution in [1.29, 1.82) is 0 Å². The number of nitrogens with zero attached hydrogens (tertiary/aromatic N) is 2. The normalized spacial score (nSPS) is 10.7. The average molecular weight is 330 g/mol. The fourth-order valence-electron chi connectivity index (χ4n) is 2.22. The van der Waals surface area contributed by atoms with Crippen LogP contribution in [0.3, 0.4) is 0 Å². The van der Waals surface area contributed by atoms with Crippen LogP contribution in [-0.4, -0.2) is 42.5 Å². The molecule has 7 nitrogen and oxygen atoms in total. The number of aromatic nitrogens is 1. The van der Waals surface area contributed by atoms with Gasteiger partial charge in [-0.3, -0.25) is 9.59 Å². The van der Waals surface area contributed by atoms with Crippen molar-refractivity contribution < 1.29 is 14.1 Å². The SMILES string of the molecule is CNC(=O)c1ccc(CN(C)CCC(=O)Nc2cc(C)on2)cc1. The Kier molecular flexibility index (Phi) is 6.08. The van der Waals surface area contributed by atoms with E-state index in [-0.39, 0.29) is 11.8 Å². The van der Waals surface area contributed by atoms with E-state index in [1.165, 1.54) is 0 Å². The minimum absolute atomic E-state index is 0.102. The summed E-state index contributed by atoms with van der Waals surface area (Å²) in [7, 11) is 3.55. The predicted octanol–water partition coefficient (Wildman–Crippen LogP) is 1.80. The van der Waals surface area contributed by atoms with E-state index in [4.69, 9.17) is 4.52 Å². The van der Waals surface area contributed by atoms with Crippen molar-refractivity contribution in [2.45, 2.75) is 19.9 Å². The number of carbonyl (C=O) groups excluding carboxylic acids is 2. The Labute approximate surface area is 141 Å². The Morgan fingerprint density at radius 3 is 2.54 bits per heavy atom. The maximum Gasteiger partial charge on any atom is 0.251 e. The first-order chi connectivity index (χ1) is 11.5. The molecule has 24 heavy (non-hydrogen) atoms. The van der Waals surface area contributed by atoms with Crippen LogP contribution in [0.25, 0.3) is 0 Å². The quantitative estimate of drug-likeness (QED) is 0.808. The highest BCUT2D eigenvalue weighted by molar-refractivity contribution is 5.93. The van der Waals surface area contributed by atoms with Crippen LogP contribution >= 0.6 is 0 Å². The molecule has 7 heteroatoms. The Bertz CT molecular complexity index is 694. The van der Waals surface area contributed by atoms with Gasteiger partial charge in [-0.25, -0.2) is 0 Å². The average Bonchev–Trinajstić information content (AvgIpc) is 2.98. The zero-order valence-electron chi connectivity index (χ0n) is 14.1. The summed E-state index contributed by atoms with van der Waals surface area (Å²) in [5.74, 6) is 0.882. The van der Waals surface area contributed by atoms with Crippen molar-refractivity contribution >= 4 is 17.6 Å². The molecular weight excluding hydrogens is 308 g/mol. The van der Waals surface area contributed by atoms with Crippen LogP contribution in [0.1, 0.15) is 28.1 Å². The first-order valence-corrected chi connectivity index (χ1v) is 7.70. The van der Waals surface area contributed by atoms with Gasteiger partial charge in [0.2, 0.25) is 5.91 Å². The van der Waals surface area contributed by atoms with Crippen molar-refractivity contribution in [2.24, 2.45) is 0 Å². The van der Waals surface area contributed by atoms with Crippen LogP contribution in [0.2, 0.25) is 0 Å². The highest BCUT2D eigenvalue weighted by Gasteiger charge is 2.09. The molecule has 0 spiro atoms. The van der Waals surface area contributed by atoms with E-state index in [1.54, 1.807) is 32.2 Å². The molecule has 0 fully saturated rings. The van der Waals surface area contributed by atoms with Gasteiger partial charge in [0, 0.05) is 38.2 Å². The molecule has 0 saturated carbocycles. The minimum Gasteiger partial charge on any atom is -0.360 e. The molecule has 1 heterocycles. The summed E-state index contributed by atoms with van der Waals surface area (Å²) in [6.45, 7) is 3.08. The number of hydrogen-bond donors (Lipinski definition) is 2. The molecule has 0 saturated heterocycles. The van der Waals surface area contributed by atoms with Crippen molar-refractivity contribution in [3.05, 3.63) is 47.2 Å². The lowest BCUT2D eigenvalue weighted by atomic mass is 10.1. The first kappa shape index (κ1) is 17.7. The first-order valence-electron chi connectivity index (χ1n) is 7.70. The lowest BCUT2D eigenvalue weighted by molar-refractivity contribution is -0.116. The van der Waals surface area contributed by atoms with Gasteiger partial charge in [-0.15, -0.1) is 0 Å². The molecule has 128 valence electrons. The van der Waals surface area contributed by atoms with Crippen molar-refractivity contribution in [3.63, 3.8) is 0 Å². The van der Waals surface area contributed by atoms with Gasteiger partial charge in [-0.1, -0.05) is 17.3 Å². The van der Waals surface area contributed by atoms with Crippen LogP contribution in [0.4, 0.5) is 5.82 Å². The molecule has 0 unspecified atom stereocenters. The third-order valence-corrected chi connectivity index (χ3v) is 3.51. The maximum absolute atomic E-state index is 11.9. The summed E-state index contributed by atoms with van der Waals surface area (Å²) in [4.78, 5) is 25.4. The molecule has 1 aromatic heterocycles. The highest BCUT2D eigenvalue weighted by Crippen LogP contribution is 2.09. The van der Waals surface area contributed by atoms with Gasteiger partial charge < -0.3 is 20.1 Å². The van der Waals surface area contributed by atoms with E-state index in [0.29, 0.717) is 36.7 Å². The van der Waals surface area contributed by atoms with E-state index >= 15 is 0 Å². The minimum atomic E-state index is -0.106. The fourth-order valence-corrected chi connectivity index (χ4v) is 2.22. The second-order valence-electron chi connectivity index (χ2n) is 5.63. The molecule has 2 amide bonds. The molecule has 0 bridgehead atoms. The van der Waals surface area contributed by atoms with E-state index in [9.17, 15) is 9.59 Å². The van der Waals surface area contributed by atoms with Gasteiger partial charge in [0.15, 0.2) is 5.82 Å². The number of hydrogen-bond acceptors (Lipinski definition) is 5. The highest BCUT2D eigenvalue weighted by atomic mass is 16.5. The lowest BCUT2D eigenvalue weighted by Gasteiger charge is -2.16. The standard InChI is InChI=1S/C17H22N4O3/c1-12-10-15(20-24-12)19-16(22)8-9-21(3)11-13-4-6-14(7-5-13)17(23)18-2/h4-7,10H,8-9,11H2,1-3H3,(H,18,23)(H,19,20,22). The molecule has 2 N–H and O–H groups in total. The number of amides is 2. The zero-order chi connectivity index (χ0) is 17.5. The Hall–Kier alpha value is -2.67. The number of anilines is 1. The molecular formula is C17H22N4O3. The van der Waals surface area contributed by atoms with Gasteiger partial charge in [-0.05, 0) is 31.7 Å². The fraction of sp³-hybridized carbons (Fsp3) is 0.353. The zero-order valence-corrected chi connectivity index (χ0v) is 14.1. The van der Waals surface area contributed by atoms with Crippen LogP contribution in [0, 0.1) is 6.92 Å². The van der Waals surface area contributed by atoms with E-state index in [0.717, 1.165) is 5.56 Å². The van der Waals surface area contributed by atoms with E-state index in [1.807, 2.05) is 24.1 Å². The summed E-state index contributed by atoms with van der Waals surface area (Å²) < 4.78 is 4.90. The van der Waals surface area contributed by atoms with Gasteiger partial charge >= 0.3 is 0 Å². The third kappa shape index (κ3) is 5.20. The van der Waals surface area contributed by atoms with Crippen molar-refractivity contribution in [2.75, 3.05) is 26.0 Å². The number of rotatable bonds is 7. The second-order valence-corrected chi connectivity index (χ2v) is 5.63. The van der Waals surface area contributed by atoms with Crippen LogP contribution < -0.4 is 10.6 Å². The van der Waals surface area contributed by atoms with Crippen LogP contribution in [0.5, 0.6) is 0 Å². The van der Waals surface area contributed by atoms with Crippen LogP contribution in [0.15, 0.2) is 34.9 Å². The van der Waals surface area contributed by atoms with Gasteiger partial charge in [0.1, 0.15) is 5.76 Å². The molecule has 2 aromatic rings. The topological polar surface area (TPSA) is 87.5 Å². The van der Waals surface area contributed by atoms with E-state index in [2.05, 4.69) is 15.8 Å². The van der Waals surface area contributed by atoms with Crippen molar-refractivity contribution in [1.82, 2.24) is 15.4 Å². The van der Waals surface area contributed by atoms with Crippen LogP contribution in [-0.2, 0) is 11.3 Å². The number of nitrogens with one attached hydrogen (secondary N) is 2. The Morgan fingerprint density at radius 1 is 1.25 bits per heavy atom. The van der Waals surface area contributed by atoms with Gasteiger partial charge in [-0.2, -0.15) is 0 Å². The number of benzene rings is 1. The monoisotopic (exact) mass is 330 g/mol. The van der Waals surface area contributed by atoms with Gasteiger partial charge in [0.25, 0.3) is 5.91 Å². The molecule has 0 aliphatic carbocycles. The number of aryl methyl sites for hydroxylation is 1. The summed E-state index contributed by atoms with van der Waals surface area (Å²) in [5.41, 5.74) is 1.71. The second kappa shape index (κ2) is 8.26. The molecule has 0 aliphatic rings. The molecule has 0 aliphatic heterocycles. The van der Waals surface area contributed by atoms with Gasteiger partial charge in [0.05, 0.1) is 0 Å². The summed E-state index contributed by atoms with van der Waals surface area (Å²) in [6, 6.07) is 9.09. The summed E-state index contributed by atoms with van der Waals surface area (Å²) in [6.07, 6.45) is 0.360. The summed E-state index contributed by atoms with van der Waals surface area (Å²) in [5, 5.41) is 9.01. The maximum atomic E-state index is 11.9. The smallest absolute Gasteiger partial charge is 0.251 e. The largest absolute Gasteiger partial charge is 0.360 e. The summed E-state index contributed by atoms with van der Waals surface area (Å²) >= 11 is 0. The van der Waals surface area contributed by atoms with Crippen molar-refractivity contribution in [3.8, 4) is 0 Å². The molecule has 2 rings (SSSR count).